The Morgan fingerprint density at radius 1 is 1.42 bits per heavy atom. The van der Waals surface area contributed by atoms with Crippen LogP contribution >= 0.6 is 0 Å². The van der Waals surface area contributed by atoms with Crippen LogP contribution in [0.1, 0.15) is 24.0 Å². The maximum atomic E-state index is 13.5. The highest BCUT2D eigenvalue weighted by Crippen LogP contribution is 2.28. The van der Waals surface area contributed by atoms with Crippen LogP contribution in [0.15, 0.2) is 24.3 Å². The van der Waals surface area contributed by atoms with Gasteiger partial charge in [-0.05, 0) is 36.6 Å². The molecule has 1 aliphatic carbocycles. The standard InChI is InChI=1S/C14H14FNO3/c15-12-5-1-9(2-6-13(17)18)7-11(12)8-16-14(19)10-3-4-10/h1-2,5-7,10H,3-4,8H2,(H,16,19)(H,17,18). The molecule has 0 atom stereocenters. The van der Waals surface area contributed by atoms with Crippen molar-refractivity contribution < 1.29 is 19.1 Å². The lowest BCUT2D eigenvalue weighted by atomic mass is 10.1. The number of carboxylic acids is 1. The molecule has 0 heterocycles. The number of amides is 1. The molecule has 0 saturated heterocycles. The molecule has 1 aliphatic rings. The number of aliphatic carboxylic acids is 1. The number of rotatable bonds is 5. The molecule has 100 valence electrons. The smallest absolute Gasteiger partial charge is 0.328 e. The Morgan fingerprint density at radius 2 is 2.16 bits per heavy atom. The van der Waals surface area contributed by atoms with Gasteiger partial charge in [-0.1, -0.05) is 6.07 Å². The van der Waals surface area contributed by atoms with Gasteiger partial charge in [0.2, 0.25) is 5.91 Å². The molecule has 1 aromatic carbocycles. The highest BCUT2D eigenvalue weighted by atomic mass is 19.1. The van der Waals surface area contributed by atoms with Crippen LogP contribution in [-0.2, 0) is 16.1 Å². The Bertz CT molecular complexity index is 535. The summed E-state index contributed by atoms with van der Waals surface area (Å²) in [4.78, 5) is 21.9. The fraction of sp³-hybridized carbons (Fsp3) is 0.286. The van der Waals surface area contributed by atoms with Gasteiger partial charge in [0.25, 0.3) is 0 Å². The molecular weight excluding hydrogens is 249 g/mol. The summed E-state index contributed by atoms with van der Waals surface area (Å²) in [6, 6.07) is 4.28. The average Bonchev–Trinajstić information content (AvgIpc) is 3.20. The monoisotopic (exact) mass is 263 g/mol. The molecule has 0 radical (unpaired) electrons. The lowest BCUT2D eigenvalue weighted by Gasteiger charge is -2.06. The van der Waals surface area contributed by atoms with E-state index in [4.69, 9.17) is 5.11 Å². The molecule has 19 heavy (non-hydrogen) atoms. The van der Waals surface area contributed by atoms with Crippen LogP contribution in [-0.4, -0.2) is 17.0 Å². The fourth-order valence-corrected chi connectivity index (χ4v) is 1.67. The van der Waals surface area contributed by atoms with Crippen LogP contribution in [0, 0.1) is 11.7 Å². The van der Waals surface area contributed by atoms with E-state index >= 15 is 0 Å². The second-order valence-corrected chi connectivity index (χ2v) is 4.51. The number of nitrogens with one attached hydrogen (secondary N) is 1. The predicted octanol–water partition coefficient (Wildman–Crippen LogP) is 1.95. The first-order chi connectivity index (χ1) is 9.06. The van der Waals surface area contributed by atoms with Crippen LogP contribution in [0.4, 0.5) is 4.39 Å². The van der Waals surface area contributed by atoms with Gasteiger partial charge in [0, 0.05) is 24.1 Å². The number of hydrogen-bond donors (Lipinski definition) is 2. The largest absolute Gasteiger partial charge is 0.478 e. The summed E-state index contributed by atoms with van der Waals surface area (Å²) < 4.78 is 13.5. The molecule has 1 saturated carbocycles. The molecular formula is C14H14FNO3. The van der Waals surface area contributed by atoms with Gasteiger partial charge in [-0.25, -0.2) is 9.18 Å². The van der Waals surface area contributed by atoms with E-state index < -0.39 is 11.8 Å². The van der Waals surface area contributed by atoms with E-state index in [0.29, 0.717) is 11.1 Å². The highest BCUT2D eigenvalue weighted by molar-refractivity contribution is 5.85. The number of halogens is 1. The Labute approximate surface area is 109 Å². The molecule has 4 nitrogen and oxygen atoms in total. The summed E-state index contributed by atoms with van der Waals surface area (Å²) >= 11 is 0. The molecule has 2 rings (SSSR count). The minimum Gasteiger partial charge on any atom is -0.478 e. The van der Waals surface area contributed by atoms with Crippen molar-refractivity contribution in [3.8, 4) is 0 Å². The molecule has 1 amide bonds. The first-order valence-electron chi connectivity index (χ1n) is 6.03. The van der Waals surface area contributed by atoms with Crippen LogP contribution in [0.25, 0.3) is 6.08 Å². The normalized spacial score (nSPS) is 14.6. The second kappa shape index (κ2) is 5.65. The Hall–Kier alpha value is -2.17. The lowest BCUT2D eigenvalue weighted by molar-refractivity contribution is -0.131. The molecule has 0 unspecified atom stereocenters. The second-order valence-electron chi connectivity index (χ2n) is 4.51. The van der Waals surface area contributed by atoms with E-state index in [-0.39, 0.29) is 18.4 Å². The van der Waals surface area contributed by atoms with Crippen molar-refractivity contribution >= 4 is 18.0 Å². The average molecular weight is 263 g/mol. The first kappa shape index (κ1) is 13.3. The SMILES string of the molecule is O=C(O)C=Cc1ccc(F)c(CNC(=O)C2CC2)c1. The zero-order chi connectivity index (χ0) is 13.8. The number of carbonyl (C=O) groups is 2. The van der Waals surface area contributed by atoms with Gasteiger partial charge in [0.05, 0.1) is 0 Å². The minimum atomic E-state index is -1.06. The first-order valence-corrected chi connectivity index (χ1v) is 6.03. The Balaban J connectivity index is 2.03. The molecule has 1 fully saturated rings. The van der Waals surface area contributed by atoms with Crippen molar-refractivity contribution in [3.05, 3.63) is 41.2 Å². The highest BCUT2D eigenvalue weighted by Gasteiger charge is 2.29. The van der Waals surface area contributed by atoms with Crippen molar-refractivity contribution in [3.63, 3.8) is 0 Å². The molecule has 5 heteroatoms. The van der Waals surface area contributed by atoms with Gasteiger partial charge in [-0.2, -0.15) is 0 Å². The zero-order valence-electron chi connectivity index (χ0n) is 10.2. The van der Waals surface area contributed by atoms with E-state index in [9.17, 15) is 14.0 Å². The molecule has 0 spiro atoms. The Kier molecular flexibility index (Phi) is 3.94. The molecule has 0 aliphatic heterocycles. The minimum absolute atomic E-state index is 0.0501. The van der Waals surface area contributed by atoms with Crippen molar-refractivity contribution in [2.24, 2.45) is 5.92 Å². The topological polar surface area (TPSA) is 66.4 Å². The fourth-order valence-electron chi connectivity index (χ4n) is 1.67. The molecule has 2 N–H and O–H groups in total. The van der Waals surface area contributed by atoms with E-state index in [0.717, 1.165) is 18.9 Å². The summed E-state index contributed by atoms with van der Waals surface area (Å²) in [7, 11) is 0. The maximum Gasteiger partial charge on any atom is 0.328 e. The van der Waals surface area contributed by atoms with Crippen LogP contribution in [0.3, 0.4) is 0 Å². The van der Waals surface area contributed by atoms with Gasteiger partial charge in [-0.3, -0.25) is 4.79 Å². The van der Waals surface area contributed by atoms with Crippen molar-refractivity contribution in [2.75, 3.05) is 0 Å². The molecule has 0 bridgehead atoms. The zero-order valence-corrected chi connectivity index (χ0v) is 10.2. The molecule has 0 aromatic heterocycles. The van der Waals surface area contributed by atoms with Crippen LogP contribution in [0.2, 0.25) is 0 Å². The third kappa shape index (κ3) is 3.91. The number of benzene rings is 1. The third-order valence-corrected chi connectivity index (χ3v) is 2.89. The van der Waals surface area contributed by atoms with Gasteiger partial charge >= 0.3 is 5.97 Å². The number of hydrogen-bond acceptors (Lipinski definition) is 2. The van der Waals surface area contributed by atoms with Gasteiger partial charge in [0.1, 0.15) is 5.82 Å². The third-order valence-electron chi connectivity index (χ3n) is 2.89. The number of carboxylic acid groups (broad SMARTS) is 1. The Morgan fingerprint density at radius 3 is 2.79 bits per heavy atom. The number of carbonyl (C=O) groups excluding carboxylic acids is 1. The van der Waals surface area contributed by atoms with Crippen molar-refractivity contribution in [1.82, 2.24) is 5.32 Å². The molecule has 1 aromatic rings. The quantitative estimate of drug-likeness (QED) is 0.798. The van der Waals surface area contributed by atoms with Gasteiger partial charge in [0.15, 0.2) is 0 Å². The van der Waals surface area contributed by atoms with Crippen molar-refractivity contribution in [2.45, 2.75) is 19.4 Å². The van der Waals surface area contributed by atoms with Crippen LogP contribution < -0.4 is 5.32 Å². The summed E-state index contributed by atoms with van der Waals surface area (Å²) in [6.07, 6.45) is 4.17. The van der Waals surface area contributed by atoms with Crippen molar-refractivity contribution in [1.29, 1.82) is 0 Å². The van der Waals surface area contributed by atoms with E-state index in [2.05, 4.69) is 5.32 Å². The van der Waals surface area contributed by atoms with Gasteiger partial charge < -0.3 is 10.4 Å². The summed E-state index contributed by atoms with van der Waals surface area (Å²) in [5, 5.41) is 11.2. The van der Waals surface area contributed by atoms with Crippen LogP contribution in [0.5, 0.6) is 0 Å². The van der Waals surface area contributed by atoms with E-state index in [1.54, 1.807) is 0 Å². The van der Waals surface area contributed by atoms with Gasteiger partial charge in [-0.15, -0.1) is 0 Å². The van der Waals surface area contributed by atoms with E-state index in [1.165, 1.54) is 24.3 Å². The summed E-state index contributed by atoms with van der Waals surface area (Å²) in [5.74, 6) is -1.44. The van der Waals surface area contributed by atoms with E-state index in [1.807, 2.05) is 0 Å². The summed E-state index contributed by atoms with van der Waals surface area (Å²) in [5.41, 5.74) is 0.931. The lowest BCUT2D eigenvalue weighted by Crippen LogP contribution is -2.24. The summed E-state index contributed by atoms with van der Waals surface area (Å²) in [6.45, 7) is 0.121. The maximum absolute atomic E-state index is 13.5. The predicted molar refractivity (Wildman–Crippen MR) is 67.6 cm³/mol.